The van der Waals surface area contributed by atoms with Gasteiger partial charge in [-0.05, 0) is 6.26 Å². The van der Waals surface area contributed by atoms with Gasteiger partial charge in [0.05, 0.1) is 0 Å². The predicted molar refractivity (Wildman–Crippen MR) is 36.9 cm³/mol. The first-order chi connectivity index (χ1) is 3.66. The summed E-state index contributed by atoms with van der Waals surface area (Å²) in [7, 11) is -0.0316. The highest BCUT2D eigenvalue weighted by molar-refractivity contribution is 7.86. The van der Waals surface area contributed by atoms with E-state index in [4.69, 9.17) is 0 Å². The molecular weight excluding hydrogens is 122 g/mol. The van der Waals surface area contributed by atoms with Gasteiger partial charge in [-0.1, -0.05) is 17.6 Å². The van der Waals surface area contributed by atoms with Gasteiger partial charge in [-0.25, -0.2) is 0 Å². The van der Waals surface area contributed by atoms with Crippen molar-refractivity contribution in [2.24, 2.45) is 4.36 Å². The van der Waals surface area contributed by atoms with E-state index in [-0.39, 0.29) is 16.6 Å². The topological polar surface area (TPSA) is 29.4 Å². The van der Waals surface area contributed by atoms with Crippen molar-refractivity contribution in [3.05, 3.63) is 0 Å². The number of hydrogen-bond donors (Lipinski definition) is 0. The van der Waals surface area contributed by atoms with Crippen molar-refractivity contribution in [3.8, 4) is 0 Å². The summed E-state index contributed by atoms with van der Waals surface area (Å²) in [6.07, 6.45) is 1.96. The van der Waals surface area contributed by atoms with E-state index >= 15 is 0 Å². The van der Waals surface area contributed by atoms with Gasteiger partial charge >= 0.3 is 0 Å². The molecule has 3 heteroatoms. The number of amides is 1. The average molecular weight is 133 g/mol. The molecule has 0 aromatic heterocycles. The largest absolute Gasteiger partial charge is 0.272 e. The van der Waals surface area contributed by atoms with E-state index in [0.29, 0.717) is 0 Å². The van der Waals surface area contributed by atoms with Crippen molar-refractivity contribution < 1.29 is 4.79 Å². The van der Waals surface area contributed by atoms with Crippen LogP contribution in [-0.2, 0) is 15.5 Å². The fraction of sp³-hybridized carbons (Fsp3) is 0.800. The number of hydrogen-bond acceptors (Lipinski definition) is 1. The second-order valence-corrected chi connectivity index (χ2v) is 3.46. The molecule has 0 unspecified atom stereocenters. The number of rotatable bonds is 1. The Morgan fingerprint density at radius 3 is 2.38 bits per heavy atom. The van der Waals surface area contributed by atoms with Crippen molar-refractivity contribution in [2.75, 3.05) is 12.0 Å². The van der Waals surface area contributed by atoms with Crippen LogP contribution in [0.25, 0.3) is 0 Å². The predicted octanol–water partition coefficient (Wildman–Crippen LogP) is 0.984. The Hall–Kier alpha value is -0.180. The quantitative estimate of drug-likeness (QED) is 0.524. The van der Waals surface area contributed by atoms with Crippen LogP contribution in [0.5, 0.6) is 0 Å². The van der Waals surface area contributed by atoms with Crippen LogP contribution in [0.2, 0.25) is 0 Å². The van der Waals surface area contributed by atoms with Crippen LogP contribution in [-0.4, -0.2) is 17.9 Å². The number of carbonyl (C=O) groups excluding carboxylic acids is 1. The maximum atomic E-state index is 10.3. The van der Waals surface area contributed by atoms with Gasteiger partial charge in [0.15, 0.2) is 0 Å². The molecule has 2 nitrogen and oxygen atoms in total. The Labute approximate surface area is 52.4 Å². The van der Waals surface area contributed by atoms with Gasteiger partial charge < -0.3 is 0 Å². The summed E-state index contributed by atoms with van der Waals surface area (Å²) < 4.78 is 3.78. The molecule has 0 aliphatic rings. The van der Waals surface area contributed by atoms with Crippen LogP contribution in [0.1, 0.15) is 13.8 Å². The zero-order valence-electron chi connectivity index (χ0n) is 5.47. The lowest BCUT2D eigenvalue weighted by atomic mass is 10.8. The summed E-state index contributed by atoms with van der Waals surface area (Å²) in [5.41, 5.74) is 0. The van der Waals surface area contributed by atoms with E-state index in [0.717, 1.165) is 5.75 Å². The third-order valence-corrected chi connectivity index (χ3v) is 2.11. The Bertz CT molecular complexity index is 120. The lowest BCUT2D eigenvalue weighted by molar-refractivity contribution is -0.115. The normalized spacial score (nSPS) is 13.9. The molecule has 0 radical (unpaired) electrons. The maximum absolute atomic E-state index is 10.3. The summed E-state index contributed by atoms with van der Waals surface area (Å²) >= 11 is 0. The Morgan fingerprint density at radius 1 is 1.75 bits per heavy atom. The molecule has 1 amide bonds. The minimum absolute atomic E-state index is 0.0316. The van der Waals surface area contributed by atoms with E-state index in [1.165, 1.54) is 6.92 Å². The van der Waals surface area contributed by atoms with Gasteiger partial charge in [0.25, 0.3) is 0 Å². The van der Waals surface area contributed by atoms with Crippen LogP contribution in [0.3, 0.4) is 0 Å². The fourth-order valence-electron chi connectivity index (χ4n) is 0.284. The second-order valence-electron chi connectivity index (χ2n) is 1.50. The van der Waals surface area contributed by atoms with Crippen molar-refractivity contribution in [1.29, 1.82) is 0 Å². The summed E-state index contributed by atoms with van der Waals surface area (Å²) in [6, 6.07) is 0. The molecule has 0 saturated carbocycles. The van der Waals surface area contributed by atoms with Gasteiger partial charge in [0.2, 0.25) is 5.91 Å². The van der Waals surface area contributed by atoms with E-state index in [2.05, 4.69) is 4.36 Å². The number of nitrogens with zero attached hydrogens (tertiary/aromatic N) is 1. The summed E-state index contributed by atoms with van der Waals surface area (Å²) in [5.74, 6) is 0.914. The van der Waals surface area contributed by atoms with E-state index in [1.807, 2.05) is 13.2 Å². The second kappa shape index (κ2) is 3.78. The van der Waals surface area contributed by atoms with Gasteiger partial charge in [-0.2, -0.15) is 4.36 Å². The lowest BCUT2D eigenvalue weighted by Gasteiger charge is -1.89. The molecule has 0 aliphatic heterocycles. The van der Waals surface area contributed by atoms with Crippen LogP contribution in [0, 0.1) is 0 Å². The summed E-state index contributed by atoms with van der Waals surface area (Å²) in [5, 5.41) is 0. The lowest BCUT2D eigenvalue weighted by Crippen LogP contribution is -1.92. The fourth-order valence-corrected chi connectivity index (χ4v) is 0.852. The molecule has 0 bridgehead atoms. The molecule has 0 aromatic rings. The molecule has 0 spiro atoms. The van der Waals surface area contributed by atoms with E-state index in [9.17, 15) is 4.79 Å². The first-order valence-electron chi connectivity index (χ1n) is 2.51. The third kappa shape index (κ3) is 3.99. The molecule has 0 aliphatic carbocycles. The van der Waals surface area contributed by atoms with Crippen LogP contribution in [0.4, 0.5) is 0 Å². The van der Waals surface area contributed by atoms with Crippen LogP contribution in [0.15, 0.2) is 4.36 Å². The van der Waals surface area contributed by atoms with E-state index in [1.54, 1.807) is 0 Å². The van der Waals surface area contributed by atoms with Crippen molar-refractivity contribution in [1.82, 2.24) is 0 Å². The first-order valence-corrected chi connectivity index (χ1v) is 4.27. The van der Waals surface area contributed by atoms with Gasteiger partial charge in [0.1, 0.15) is 0 Å². The van der Waals surface area contributed by atoms with Gasteiger partial charge in [-0.3, -0.25) is 4.79 Å². The van der Waals surface area contributed by atoms with Gasteiger partial charge in [-0.15, -0.1) is 0 Å². The van der Waals surface area contributed by atoms with E-state index < -0.39 is 0 Å². The highest BCUT2D eigenvalue weighted by Crippen LogP contribution is 1.82. The highest BCUT2D eigenvalue weighted by Gasteiger charge is 1.84. The van der Waals surface area contributed by atoms with Crippen LogP contribution >= 0.6 is 0 Å². The molecule has 0 aromatic carbocycles. The molecule has 48 valence electrons. The minimum Gasteiger partial charge on any atom is -0.272 e. The molecule has 0 heterocycles. The highest BCUT2D eigenvalue weighted by atomic mass is 32.2. The first kappa shape index (κ1) is 7.82. The zero-order valence-corrected chi connectivity index (χ0v) is 6.29. The van der Waals surface area contributed by atoms with Crippen molar-refractivity contribution >= 4 is 16.6 Å². The molecular formula is C5H11NOS. The molecule has 0 N–H and O–H groups in total. The molecule has 1 atom stereocenters. The standard InChI is InChI=1S/C5H11NOS/c1-4-8(3)6-5(2)7/h4H2,1-3H3/t8-/m1/s1. The monoisotopic (exact) mass is 133 g/mol. The zero-order chi connectivity index (χ0) is 6.57. The molecule has 8 heavy (non-hydrogen) atoms. The summed E-state index contributed by atoms with van der Waals surface area (Å²) in [4.78, 5) is 10.3. The Balaban J connectivity index is 3.75. The smallest absolute Gasteiger partial charge is 0.248 e. The van der Waals surface area contributed by atoms with Crippen molar-refractivity contribution in [3.63, 3.8) is 0 Å². The average Bonchev–Trinajstić information content (AvgIpc) is 1.65. The minimum atomic E-state index is -0.0577. The molecule has 0 fully saturated rings. The summed E-state index contributed by atoms with van der Waals surface area (Å²) in [6.45, 7) is 3.51. The van der Waals surface area contributed by atoms with Crippen molar-refractivity contribution in [2.45, 2.75) is 13.8 Å². The van der Waals surface area contributed by atoms with Gasteiger partial charge in [0, 0.05) is 12.7 Å². The number of carbonyl (C=O) groups is 1. The SMILES string of the molecule is CC[S@@](C)=NC(C)=O. The molecule has 0 rings (SSSR count). The van der Waals surface area contributed by atoms with Crippen LogP contribution < -0.4 is 0 Å². The maximum Gasteiger partial charge on any atom is 0.248 e. The molecule has 0 saturated heterocycles. The third-order valence-electron chi connectivity index (χ3n) is 0.702. The Morgan fingerprint density at radius 2 is 2.25 bits per heavy atom. The Kier molecular flexibility index (Phi) is 3.69.